The van der Waals surface area contributed by atoms with Gasteiger partial charge in [0.1, 0.15) is 0 Å². The summed E-state index contributed by atoms with van der Waals surface area (Å²) in [6, 6.07) is 60.5. The molecule has 0 amide bonds. The SMILES string of the molecule is [Co].[Fe+2].c1ccc(P(c2ccccc2)[c-]2cccc2)cc1.c1ccc(P(c2ccccc2)[c-]2cccc2)cc1. The molecule has 38 heavy (non-hydrogen) atoms. The fraction of sp³-hybridized carbons (Fsp3) is 0. The molecule has 0 aromatic heterocycles. The second-order valence-electron chi connectivity index (χ2n) is 8.30. The van der Waals surface area contributed by atoms with Crippen molar-refractivity contribution in [2.45, 2.75) is 0 Å². The molecule has 0 N–H and O–H groups in total. The predicted molar refractivity (Wildman–Crippen MR) is 161 cm³/mol. The van der Waals surface area contributed by atoms with E-state index in [2.05, 4.69) is 170 Å². The van der Waals surface area contributed by atoms with Crippen molar-refractivity contribution in [2.24, 2.45) is 0 Å². The first-order valence-corrected chi connectivity index (χ1v) is 14.8. The van der Waals surface area contributed by atoms with Crippen molar-refractivity contribution in [1.29, 1.82) is 0 Å². The molecule has 0 saturated heterocycles. The second kappa shape index (κ2) is 15.8. The van der Waals surface area contributed by atoms with E-state index in [1.165, 1.54) is 31.8 Å². The summed E-state index contributed by atoms with van der Waals surface area (Å²) in [5.41, 5.74) is 0. The van der Waals surface area contributed by atoms with E-state index in [1.807, 2.05) is 0 Å². The number of benzene rings is 4. The van der Waals surface area contributed by atoms with Crippen LogP contribution in [0.3, 0.4) is 0 Å². The van der Waals surface area contributed by atoms with E-state index in [-0.39, 0.29) is 33.8 Å². The van der Waals surface area contributed by atoms with Gasteiger partial charge < -0.3 is 0 Å². The minimum absolute atomic E-state index is 0. The van der Waals surface area contributed by atoms with Crippen molar-refractivity contribution in [1.82, 2.24) is 0 Å². The van der Waals surface area contributed by atoms with E-state index in [1.54, 1.807) is 0 Å². The third-order valence-corrected chi connectivity index (χ3v) is 10.8. The molecule has 6 rings (SSSR count). The Bertz CT molecular complexity index is 1210. The molecule has 0 bridgehead atoms. The molecule has 1 radical (unpaired) electrons. The molecule has 0 aliphatic carbocycles. The van der Waals surface area contributed by atoms with Crippen molar-refractivity contribution in [2.75, 3.05) is 0 Å². The zero-order valence-electron chi connectivity index (χ0n) is 20.7. The van der Waals surface area contributed by atoms with Gasteiger partial charge in [-0.3, -0.25) is 0 Å². The first-order valence-electron chi connectivity index (χ1n) is 12.1. The monoisotopic (exact) mass is 613 g/mol. The molecule has 4 heteroatoms. The van der Waals surface area contributed by atoms with E-state index in [9.17, 15) is 0 Å². The summed E-state index contributed by atoms with van der Waals surface area (Å²) in [5.74, 6) is 0. The van der Waals surface area contributed by atoms with Crippen LogP contribution in [0.1, 0.15) is 0 Å². The maximum Gasteiger partial charge on any atom is 2.00 e. The maximum absolute atomic E-state index is 2.23. The average molecular weight is 613 g/mol. The average Bonchev–Trinajstić information content (AvgIpc) is 3.68. The molecular weight excluding hydrogens is 585 g/mol. The predicted octanol–water partition coefficient (Wildman–Crippen LogP) is 6.32. The van der Waals surface area contributed by atoms with Gasteiger partial charge in [-0.2, -0.15) is 24.3 Å². The van der Waals surface area contributed by atoms with E-state index in [0.717, 1.165) is 0 Å². The summed E-state index contributed by atoms with van der Waals surface area (Å²) in [6.07, 6.45) is 0. The third kappa shape index (κ3) is 7.75. The third-order valence-electron chi connectivity index (χ3n) is 5.86. The molecule has 0 heterocycles. The van der Waals surface area contributed by atoms with Crippen molar-refractivity contribution in [3.05, 3.63) is 170 Å². The first-order chi connectivity index (χ1) is 17.9. The Kier molecular flexibility index (Phi) is 12.5. The minimum atomic E-state index is -0.409. The summed E-state index contributed by atoms with van der Waals surface area (Å²) in [6.45, 7) is 0. The number of hydrogen-bond donors (Lipinski definition) is 0. The topological polar surface area (TPSA) is 0 Å². The van der Waals surface area contributed by atoms with Gasteiger partial charge in [-0.25, -0.2) is 24.3 Å². The van der Waals surface area contributed by atoms with Crippen LogP contribution in [0.2, 0.25) is 0 Å². The Morgan fingerprint density at radius 3 is 0.737 bits per heavy atom. The summed E-state index contributed by atoms with van der Waals surface area (Å²) in [4.78, 5) is 0. The molecule has 6 aromatic rings. The quantitative estimate of drug-likeness (QED) is 0.117. The summed E-state index contributed by atoms with van der Waals surface area (Å²) >= 11 is 0. The van der Waals surface area contributed by atoms with Gasteiger partial charge in [-0.15, -0.1) is 10.6 Å². The van der Waals surface area contributed by atoms with Crippen molar-refractivity contribution >= 4 is 47.7 Å². The standard InChI is InChI=1S/2C17H14P.Co.Fe/c2*1-3-9-15(10-4-1)18(17-13-7-8-14-17)16-11-5-2-6-12-16;;/h2*1-14H;;/q2*-1;;+2. The van der Waals surface area contributed by atoms with Gasteiger partial charge in [0.15, 0.2) is 0 Å². The van der Waals surface area contributed by atoms with Gasteiger partial charge in [-0.05, 0) is 21.2 Å². The Hall–Kier alpha value is -2.53. The van der Waals surface area contributed by atoms with Gasteiger partial charge in [-0.1, -0.05) is 137 Å². The Morgan fingerprint density at radius 2 is 0.526 bits per heavy atom. The Labute approximate surface area is 250 Å². The fourth-order valence-electron chi connectivity index (χ4n) is 4.23. The van der Waals surface area contributed by atoms with Crippen LogP contribution in [0.4, 0.5) is 0 Å². The number of hydrogen-bond acceptors (Lipinski definition) is 0. The molecule has 191 valence electrons. The molecular formula is C34H28CoFeP2. The van der Waals surface area contributed by atoms with E-state index in [0.29, 0.717) is 0 Å². The first kappa shape index (κ1) is 30.0. The molecule has 0 spiro atoms. The van der Waals surface area contributed by atoms with Crippen LogP contribution in [0.5, 0.6) is 0 Å². The molecule has 0 nitrogen and oxygen atoms in total. The molecule has 0 fully saturated rings. The van der Waals surface area contributed by atoms with Gasteiger partial charge in [0.2, 0.25) is 0 Å². The summed E-state index contributed by atoms with van der Waals surface area (Å²) in [7, 11) is -0.818. The van der Waals surface area contributed by atoms with Gasteiger partial charge in [0.05, 0.1) is 0 Å². The molecule has 0 aliphatic rings. The van der Waals surface area contributed by atoms with E-state index in [4.69, 9.17) is 0 Å². The molecule has 0 atom stereocenters. The smallest absolute Gasteiger partial charge is 0.213 e. The van der Waals surface area contributed by atoms with Crippen LogP contribution >= 0.6 is 15.8 Å². The molecule has 0 unspecified atom stereocenters. The van der Waals surface area contributed by atoms with E-state index >= 15 is 0 Å². The van der Waals surface area contributed by atoms with Crippen LogP contribution in [-0.4, -0.2) is 0 Å². The summed E-state index contributed by atoms with van der Waals surface area (Å²) < 4.78 is 0. The Morgan fingerprint density at radius 1 is 0.316 bits per heavy atom. The second-order valence-corrected chi connectivity index (χ2v) is 12.7. The van der Waals surface area contributed by atoms with Gasteiger partial charge >= 0.3 is 17.1 Å². The largest absolute Gasteiger partial charge is 2.00 e. The summed E-state index contributed by atoms with van der Waals surface area (Å²) in [5, 5.41) is 8.47. The molecule has 0 saturated carbocycles. The maximum atomic E-state index is 2.23. The molecule has 0 aliphatic heterocycles. The minimum Gasteiger partial charge on any atom is -0.213 e. The fourth-order valence-corrected chi connectivity index (χ4v) is 8.84. The van der Waals surface area contributed by atoms with Crippen LogP contribution in [-0.2, 0) is 33.8 Å². The van der Waals surface area contributed by atoms with Crippen LogP contribution in [0.25, 0.3) is 0 Å². The van der Waals surface area contributed by atoms with E-state index < -0.39 is 15.8 Å². The van der Waals surface area contributed by atoms with Crippen molar-refractivity contribution in [3.63, 3.8) is 0 Å². The molecule has 6 aromatic carbocycles. The Balaban J connectivity index is 0.000000200. The zero-order valence-corrected chi connectivity index (χ0v) is 24.7. The normalized spacial score (nSPS) is 10.2. The van der Waals surface area contributed by atoms with Gasteiger partial charge in [0, 0.05) is 16.8 Å². The van der Waals surface area contributed by atoms with Crippen LogP contribution in [0, 0.1) is 0 Å². The zero-order chi connectivity index (χ0) is 24.4. The number of rotatable bonds is 6. The van der Waals surface area contributed by atoms with Crippen molar-refractivity contribution in [3.8, 4) is 0 Å². The van der Waals surface area contributed by atoms with Crippen LogP contribution in [0.15, 0.2) is 170 Å². The van der Waals surface area contributed by atoms with Crippen LogP contribution < -0.4 is 31.8 Å². The van der Waals surface area contributed by atoms with Gasteiger partial charge in [0.25, 0.3) is 0 Å². The van der Waals surface area contributed by atoms with Crippen molar-refractivity contribution < 1.29 is 33.8 Å².